The summed E-state index contributed by atoms with van der Waals surface area (Å²) in [5, 5.41) is 29.8. The van der Waals surface area contributed by atoms with Gasteiger partial charge >= 0.3 is 0 Å². The van der Waals surface area contributed by atoms with Crippen LogP contribution < -0.4 is 5.32 Å². The Labute approximate surface area is 91.1 Å². The zero-order chi connectivity index (χ0) is 11.7. The van der Waals surface area contributed by atoms with E-state index in [2.05, 4.69) is 5.32 Å². The van der Waals surface area contributed by atoms with Crippen LogP contribution >= 0.6 is 0 Å². The molecule has 0 heterocycles. The first-order valence-corrected chi connectivity index (χ1v) is 5.31. The fraction of sp³-hybridized carbons (Fsp3) is 1.00. The van der Waals surface area contributed by atoms with Gasteiger partial charge in [0.1, 0.15) is 0 Å². The van der Waals surface area contributed by atoms with Crippen LogP contribution in [0.4, 0.5) is 0 Å². The fourth-order valence-corrected chi connectivity index (χ4v) is 0.980. The summed E-state index contributed by atoms with van der Waals surface area (Å²) in [4.78, 5) is 0. The van der Waals surface area contributed by atoms with Crippen molar-refractivity contribution in [3.63, 3.8) is 0 Å². The van der Waals surface area contributed by atoms with Gasteiger partial charge in [0.25, 0.3) is 0 Å². The number of aliphatic hydroxyl groups is 3. The number of nitrogens with one attached hydrogen (secondary N) is 1. The summed E-state index contributed by atoms with van der Waals surface area (Å²) < 4.78 is 5.24. The van der Waals surface area contributed by atoms with Gasteiger partial charge in [-0.15, -0.1) is 0 Å². The molecule has 0 aliphatic rings. The van der Waals surface area contributed by atoms with Gasteiger partial charge in [0.05, 0.1) is 25.4 Å². The van der Waals surface area contributed by atoms with E-state index in [0.717, 1.165) is 0 Å². The highest BCUT2D eigenvalue weighted by molar-refractivity contribution is 4.62. The number of aliphatic hydroxyl groups excluding tert-OH is 3. The lowest BCUT2D eigenvalue weighted by atomic mass is 10.2. The molecule has 2 atom stereocenters. The third-order valence-corrected chi connectivity index (χ3v) is 1.73. The smallest absolute Gasteiger partial charge is 0.0897 e. The molecule has 0 fully saturated rings. The molecule has 5 nitrogen and oxygen atoms in total. The first-order chi connectivity index (χ1) is 7.06. The van der Waals surface area contributed by atoms with Gasteiger partial charge in [-0.2, -0.15) is 0 Å². The molecule has 0 saturated heterocycles. The van der Waals surface area contributed by atoms with E-state index < -0.39 is 12.2 Å². The molecule has 0 spiro atoms. The second-order valence-electron chi connectivity index (χ2n) is 4.08. The third kappa shape index (κ3) is 10.1. The third-order valence-electron chi connectivity index (χ3n) is 1.73. The lowest BCUT2D eigenvalue weighted by Gasteiger charge is -2.14. The summed E-state index contributed by atoms with van der Waals surface area (Å²) in [6.07, 6.45) is -1.34. The minimum absolute atomic E-state index is 0.271. The molecule has 92 valence electrons. The fourth-order valence-electron chi connectivity index (χ4n) is 0.980. The van der Waals surface area contributed by atoms with Crippen molar-refractivity contribution >= 4 is 0 Å². The standard InChI is InChI=1S/C10H23NO4/c1-8(2)6-15-7-10(14)4-11-3-9(13)5-12/h8-14H,3-7H2,1-2H3. The van der Waals surface area contributed by atoms with E-state index >= 15 is 0 Å². The summed E-state index contributed by atoms with van der Waals surface area (Å²) in [6.45, 7) is 5.38. The number of hydrogen-bond acceptors (Lipinski definition) is 5. The van der Waals surface area contributed by atoms with E-state index in [9.17, 15) is 5.11 Å². The van der Waals surface area contributed by atoms with Crippen LogP contribution in [0.1, 0.15) is 13.8 Å². The molecule has 0 aromatic rings. The Hall–Kier alpha value is -0.200. The van der Waals surface area contributed by atoms with Gasteiger partial charge in [-0.05, 0) is 5.92 Å². The molecule has 15 heavy (non-hydrogen) atoms. The Bertz CT molecular complexity index is 143. The zero-order valence-corrected chi connectivity index (χ0v) is 9.52. The normalized spacial score (nSPS) is 15.6. The van der Waals surface area contributed by atoms with Crippen LogP contribution in [0.15, 0.2) is 0 Å². The molecule has 0 aromatic carbocycles. The Balaban J connectivity index is 3.29. The highest BCUT2D eigenvalue weighted by atomic mass is 16.5. The van der Waals surface area contributed by atoms with Gasteiger partial charge in [0.15, 0.2) is 0 Å². The summed E-state index contributed by atoms with van der Waals surface area (Å²) in [6, 6.07) is 0. The predicted molar refractivity (Wildman–Crippen MR) is 57.6 cm³/mol. The van der Waals surface area contributed by atoms with Crippen LogP contribution in [0, 0.1) is 5.92 Å². The molecule has 0 amide bonds. The quantitative estimate of drug-likeness (QED) is 0.400. The molecule has 0 rings (SSSR count). The summed E-state index contributed by atoms with van der Waals surface area (Å²) in [7, 11) is 0. The Morgan fingerprint density at radius 2 is 1.67 bits per heavy atom. The molecule has 0 aromatic heterocycles. The van der Waals surface area contributed by atoms with Crippen molar-refractivity contribution in [1.82, 2.24) is 5.32 Å². The molecule has 0 saturated carbocycles. The maximum atomic E-state index is 9.42. The van der Waals surface area contributed by atoms with Gasteiger partial charge in [-0.3, -0.25) is 0 Å². The average molecular weight is 221 g/mol. The van der Waals surface area contributed by atoms with Crippen molar-refractivity contribution in [1.29, 1.82) is 0 Å². The lowest BCUT2D eigenvalue weighted by Crippen LogP contribution is -2.36. The van der Waals surface area contributed by atoms with Gasteiger partial charge in [0.2, 0.25) is 0 Å². The van der Waals surface area contributed by atoms with Crippen LogP contribution in [0.25, 0.3) is 0 Å². The second-order valence-corrected chi connectivity index (χ2v) is 4.08. The molecule has 0 aliphatic heterocycles. The number of hydrogen-bond donors (Lipinski definition) is 4. The minimum atomic E-state index is -0.770. The maximum absolute atomic E-state index is 9.42. The van der Waals surface area contributed by atoms with E-state index in [4.69, 9.17) is 14.9 Å². The van der Waals surface area contributed by atoms with Gasteiger partial charge in [0, 0.05) is 19.7 Å². The van der Waals surface area contributed by atoms with E-state index in [1.165, 1.54) is 0 Å². The molecule has 5 heteroatoms. The first kappa shape index (κ1) is 14.8. The van der Waals surface area contributed by atoms with Crippen molar-refractivity contribution in [3.05, 3.63) is 0 Å². The molecular formula is C10H23NO4. The van der Waals surface area contributed by atoms with Gasteiger partial charge < -0.3 is 25.4 Å². The Morgan fingerprint density at radius 3 is 2.20 bits per heavy atom. The number of rotatable bonds is 9. The van der Waals surface area contributed by atoms with Crippen LogP contribution in [-0.2, 0) is 4.74 Å². The summed E-state index contributed by atoms with van der Waals surface area (Å²) in [5.41, 5.74) is 0. The number of ether oxygens (including phenoxy) is 1. The molecule has 4 N–H and O–H groups in total. The highest BCUT2D eigenvalue weighted by Crippen LogP contribution is 1.93. The van der Waals surface area contributed by atoms with Crippen LogP contribution in [0.5, 0.6) is 0 Å². The van der Waals surface area contributed by atoms with Crippen LogP contribution in [0.3, 0.4) is 0 Å². The second kappa shape index (κ2) is 9.06. The molecule has 0 radical (unpaired) electrons. The molecule has 0 bridgehead atoms. The summed E-state index contributed by atoms with van der Waals surface area (Å²) >= 11 is 0. The van der Waals surface area contributed by atoms with Crippen molar-refractivity contribution < 1.29 is 20.1 Å². The average Bonchev–Trinajstić information content (AvgIpc) is 2.17. The molecular weight excluding hydrogens is 198 g/mol. The van der Waals surface area contributed by atoms with Crippen molar-refractivity contribution in [2.75, 3.05) is 32.9 Å². The van der Waals surface area contributed by atoms with Gasteiger partial charge in [-0.25, -0.2) is 0 Å². The van der Waals surface area contributed by atoms with E-state index in [1.54, 1.807) is 0 Å². The first-order valence-electron chi connectivity index (χ1n) is 5.31. The van der Waals surface area contributed by atoms with Gasteiger partial charge in [-0.1, -0.05) is 13.8 Å². The Kier molecular flexibility index (Phi) is 8.94. The van der Waals surface area contributed by atoms with E-state index in [0.29, 0.717) is 25.7 Å². The van der Waals surface area contributed by atoms with Crippen molar-refractivity contribution in [2.24, 2.45) is 5.92 Å². The minimum Gasteiger partial charge on any atom is -0.394 e. The van der Waals surface area contributed by atoms with E-state index in [1.807, 2.05) is 13.8 Å². The largest absolute Gasteiger partial charge is 0.394 e. The summed E-state index contributed by atoms with van der Waals surface area (Å²) in [5.74, 6) is 0.460. The zero-order valence-electron chi connectivity index (χ0n) is 9.52. The maximum Gasteiger partial charge on any atom is 0.0897 e. The van der Waals surface area contributed by atoms with Crippen LogP contribution in [0.2, 0.25) is 0 Å². The van der Waals surface area contributed by atoms with Crippen molar-refractivity contribution in [2.45, 2.75) is 26.1 Å². The lowest BCUT2D eigenvalue weighted by molar-refractivity contribution is 0.0234. The SMILES string of the molecule is CC(C)COCC(O)CNCC(O)CO. The van der Waals surface area contributed by atoms with E-state index in [-0.39, 0.29) is 13.2 Å². The Morgan fingerprint density at radius 1 is 1.07 bits per heavy atom. The van der Waals surface area contributed by atoms with Crippen molar-refractivity contribution in [3.8, 4) is 0 Å². The predicted octanol–water partition coefficient (Wildman–Crippen LogP) is -1.04. The monoisotopic (exact) mass is 221 g/mol. The molecule has 0 aliphatic carbocycles. The highest BCUT2D eigenvalue weighted by Gasteiger charge is 2.06. The van der Waals surface area contributed by atoms with Crippen LogP contribution in [-0.4, -0.2) is 60.4 Å². The molecule has 2 unspecified atom stereocenters. The topological polar surface area (TPSA) is 82.0 Å².